The van der Waals surface area contributed by atoms with Crippen molar-refractivity contribution in [2.24, 2.45) is 0 Å². The molecule has 1 rings (SSSR count). The van der Waals surface area contributed by atoms with Crippen molar-refractivity contribution in [1.29, 1.82) is 0 Å². The Hall–Kier alpha value is -2.69. The van der Waals surface area contributed by atoms with Crippen LogP contribution >= 0.6 is 0 Å². The Labute approximate surface area is 134 Å². The number of rotatable bonds is 8. The van der Waals surface area contributed by atoms with Crippen LogP contribution in [-0.4, -0.2) is 49.2 Å². The molecular weight excluding hydrogens is 335 g/mol. The van der Waals surface area contributed by atoms with E-state index in [9.17, 15) is 32.9 Å². The van der Waals surface area contributed by atoms with E-state index in [1.165, 1.54) is 18.2 Å². The minimum atomic E-state index is -4.43. The average molecular weight is 349 g/mol. The van der Waals surface area contributed by atoms with E-state index >= 15 is 0 Å². The smallest absolute Gasteiger partial charge is 0.370 e. The summed E-state index contributed by atoms with van der Waals surface area (Å²) in [6.07, 6.45) is -4.43. The van der Waals surface area contributed by atoms with Crippen molar-refractivity contribution in [2.75, 3.05) is 26.3 Å². The molecule has 1 aromatic rings. The first-order valence-electron chi connectivity index (χ1n) is 6.63. The standard InChI is InChI=1S/C13H14F3N3O5/c14-13(15,16)8-24-5-4-17-11(20)7-18-12(21)9-2-1-3-10(6-9)19(22)23/h1-3,6H,4-5,7-8H2,(H,17,20)(H,18,21). The van der Waals surface area contributed by atoms with Crippen LogP contribution in [0.3, 0.4) is 0 Å². The van der Waals surface area contributed by atoms with E-state index in [1.807, 2.05) is 0 Å². The first kappa shape index (κ1) is 19.4. The van der Waals surface area contributed by atoms with Crippen molar-refractivity contribution in [3.8, 4) is 0 Å². The molecule has 0 heterocycles. The third-order valence-corrected chi connectivity index (χ3v) is 2.56. The van der Waals surface area contributed by atoms with Crippen LogP contribution in [0, 0.1) is 10.1 Å². The third kappa shape index (κ3) is 7.54. The molecule has 0 saturated heterocycles. The summed E-state index contributed by atoms with van der Waals surface area (Å²) in [4.78, 5) is 33.1. The maximum atomic E-state index is 11.8. The van der Waals surface area contributed by atoms with Crippen molar-refractivity contribution in [3.05, 3.63) is 39.9 Å². The van der Waals surface area contributed by atoms with Gasteiger partial charge in [-0.05, 0) is 6.07 Å². The molecule has 1 aromatic carbocycles. The predicted octanol–water partition coefficient (Wildman–Crippen LogP) is 1.02. The lowest BCUT2D eigenvalue weighted by Crippen LogP contribution is -2.38. The number of amides is 2. The second-order valence-corrected chi connectivity index (χ2v) is 4.51. The van der Waals surface area contributed by atoms with E-state index in [1.54, 1.807) is 0 Å². The van der Waals surface area contributed by atoms with E-state index < -0.39 is 36.1 Å². The monoisotopic (exact) mass is 349 g/mol. The average Bonchev–Trinajstić information content (AvgIpc) is 2.51. The van der Waals surface area contributed by atoms with Crippen molar-refractivity contribution in [2.45, 2.75) is 6.18 Å². The molecule has 0 aliphatic rings. The van der Waals surface area contributed by atoms with Crippen molar-refractivity contribution >= 4 is 17.5 Å². The Bertz CT molecular complexity index is 607. The lowest BCUT2D eigenvalue weighted by molar-refractivity contribution is -0.384. The fraction of sp³-hybridized carbons (Fsp3) is 0.385. The first-order valence-corrected chi connectivity index (χ1v) is 6.63. The number of non-ortho nitro benzene ring substituents is 1. The van der Waals surface area contributed by atoms with Crippen LogP contribution in [-0.2, 0) is 9.53 Å². The molecule has 2 N–H and O–H groups in total. The highest BCUT2D eigenvalue weighted by atomic mass is 19.4. The number of hydrogen-bond donors (Lipinski definition) is 2. The zero-order valence-corrected chi connectivity index (χ0v) is 12.3. The molecule has 0 saturated carbocycles. The minimum Gasteiger partial charge on any atom is -0.370 e. The van der Waals surface area contributed by atoms with Gasteiger partial charge in [-0.3, -0.25) is 19.7 Å². The zero-order chi connectivity index (χ0) is 18.2. The molecule has 0 aromatic heterocycles. The summed E-state index contributed by atoms with van der Waals surface area (Å²) in [7, 11) is 0. The number of nitro groups is 1. The summed E-state index contributed by atoms with van der Waals surface area (Å²) < 4.78 is 39.7. The molecule has 0 radical (unpaired) electrons. The highest BCUT2D eigenvalue weighted by molar-refractivity contribution is 5.96. The fourth-order valence-corrected chi connectivity index (χ4v) is 1.54. The van der Waals surface area contributed by atoms with Gasteiger partial charge in [-0.25, -0.2) is 0 Å². The molecule has 0 atom stereocenters. The summed E-state index contributed by atoms with van der Waals surface area (Å²) in [5.74, 6) is -1.33. The Balaban J connectivity index is 2.30. The van der Waals surface area contributed by atoms with Gasteiger partial charge in [0.05, 0.1) is 18.1 Å². The van der Waals surface area contributed by atoms with Crippen molar-refractivity contribution in [3.63, 3.8) is 0 Å². The second-order valence-electron chi connectivity index (χ2n) is 4.51. The van der Waals surface area contributed by atoms with Crippen molar-refractivity contribution < 1.29 is 32.4 Å². The number of benzene rings is 1. The second kappa shape index (κ2) is 8.82. The molecular formula is C13H14F3N3O5. The number of ether oxygens (including phenoxy) is 1. The Morgan fingerprint density at radius 3 is 2.58 bits per heavy atom. The molecule has 8 nitrogen and oxygen atoms in total. The Morgan fingerprint density at radius 2 is 1.96 bits per heavy atom. The fourth-order valence-electron chi connectivity index (χ4n) is 1.54. The van der Waals surface area contributed by atoms with Crippen LogP contribution in [0.15, 0.2) is 24.3 Å². The SMILES string of the molecule is O=C(CNC(=O)c1cccc([N+](=O)[O-])c1)NCCOCC(F)(F)F. The number of hydrogen-bond acceptors (Lipinski definition) is 5. The minimum absolute atomic E-state index is 0.00510. The van der Waals surface area contributed by atoms with E-state index in [-0.39, 0.29) is 24.4 Å². The van der Waals surface area contributed by atoms with Gasteiger partial charge in [-0.1, -0.05) is 6.07 Å². The normalized spacial score (nSPS) is 11.0. The highest BCUT2D eigenvalue weighted by Gasteiger charge is 2.27. The van der Waals surface area contributed by atoms with Gasteiger partial charge < -0.3 is 15.4 Å². The van der Waals surface area contributed by atoms with Crippen LogP contribution in [0.1, 0.15) is 10.4 Å². The van der Waals surface area contributed by atoms with Gasteiger partial charge in [0.2, 0.25) is 5.91 Å². The molecule has 24 heavy (non-hydrogen) atoms. The van der Waals surface area contributed by atoms with Crippen molar-refractivity contribution in [1.82, 2.24) is 10.6 Å². The number of carbonyl (C=O) groups excluding carboxylic acids is 2. The topological polar surface area (TPSA) is 111 Å². The van der Waals surface area contributed by atoms with Gasteiger partial charge in [0.1, 0.15) is 6.61 Å². The lowest BCUT2D eigenvalue weighted by atomic mass is 10.2. The molecule has 0 aliphatic carbocycles. The van der Waals surface area contributed by atoms with Gasteiger partial charge in [-0.15, -0.1) is 0 Å². The van der Waals surface area contributed by atoms with E-state index in [4.69, 9.17) is 0 Å². The molecule has 11 heteroatoms. The number of carbonyl (C=O) groups is 2. The van der Waals surface area contributed by atoms with Gasteiger partial charge >= 0.3 is 6.18 Å². The van der Waals surface area contributed by atoms with Gasteiger partial charge in [-0.2, -0.15) is 13.2 Å². The summed E-state index contributed by atoms with van der Waals surface area (Å²) >= 11 is 0. The maximum absolute atomic E-state index is 11.8. The maximum Gasteiger partial charge on any atom is 0.411 e. The van der Waals surface area contributed by atoms with Crippen LogP contribution in [0.25, 0.3) is 0 Å². The number of nitro benzene ring substituents is 1. The largest absolute Gasteiger partial charge is 0.411 e. The van der Waals surface area contributed by atoms with E-state index in [0.717, 1.165) is 6.07 Å². The first-order chi connectivity index (χ1) is 11.2. The zero-order valence-electron chi connectivity index (χ0n) is 12.3. The summed E-state index contributed by atoms with van der Waals surface area (Å²) in [5.41, 5.74) is -0.264. The summed E-state index contributed by atoms with van der Waals surface area (Å²) in [6.45, 7) is -2.32. The number of nitrogens with one attached hydrogen (secondary N) is 2. The molecule has 0 unspecified atom stereocenters. The molecule has 0 aliphatic heterocycles. The molecule has 0 spiro atoms. The molecule has 0 fully saturated rings. The van der Waals surface area contributed by atoms with Crippen LogP contribution in [0.5, 0.6) is 0 Å². The number of halogens is 3. The van der Waals surface area contributed by atoms with Gasteiger partial charge in [0, 0.05) is 24.2 Å². The molecule has 2 amide bonds. The van der Waals surface area contributed by atoms with Gasteiger partial charge in [0.25, 0.3) is 11.6 Å². The number of nitrogens with zero attached hydrogens (tertiary/aromatic N) is 1. The highest BCUT2D eigenvalue weighted by Crippen LogP contribution is 2.14. The predicted molar refractivity (Wildman–Crippen MR) is 75.3 cm³/mol. The van der Waals surface area contributed by atoms with Gasteiger partial charge in [0.15, 0.2) is 0 Å². The summed E-state index contributed by atoms with van der Waals surface area (Å²) in [6, 6.07) is 4.93. The Morgan fingerprint density at radius 1 is 1.25 bits per heavy atom. The Kier molecular flexibility index (Phi) is 7.11. The summed E-state index contributed by atoms with van der Waals surface area (Å²) in [5, 5.41) is 15.1. The third-order valence-electron chi connectivity index (χ3n) is 2.56. The van der Waals surface area contributed by atoms with Crippen LogP contribution < -0.4 is 10.6 Å². The van der Waals surface area contributed by atoms with E-state index in [0.29, 0.717) is 0 Å². The lowest BCUT2D eigenvalue weighted by Gasteiger charge is -2.09. The van der Waals surface area contributed by atoms with Crippen LogP contribution in [0.4, 0.5) is 18.9 Å². The van der Waals surface area contributed by atoms with E-state index in [2.05, 4.69) is 15.4 Å². The quantitative estimate of drug-likeness (QED) is 0.414. The molecule has 132 valence electrons. The molecule has 0 bridgehead atoms. The van der Waals surface area contributed by atoms with Crippen LogP contribution in [0.2, 0.25) is 0 Å². The number of alkyl halides is 3.